The Bertz CT molecular complexity index is 388. The lowest BCUT2D eigenvalue weighted by Gasteiger charge is -2.14. The number of aryl methyl sites for hydroxylation is 1. The van der Waals surface area contributed by atoms with Crippen LogP contribution in [0.1, 0.15) is 43.4 Å². The number of rotatable bonds is 3. The van der Waals surface area contributed by atoms with Crippen molar-refractivity contribution < 1.29 is 4.74 Å². The first kappa shape index (κ1) is 11.6. The third-order valence-electron chi connectivity index (χ3n) is 2.40. The molecule has 1 aromatic carbocycles. The summed E-state index contributed by atoms with van der Waals surface area (Å²) in [6, 6.07) is 6.10. The van der Waals surface area contributed by atoms with E-state index in [1.165, 1.54) is 0 Å². The van der Waals surface area contributed by atoms with Crippen LogP contribution in [0.25, 0.3) is 0 Å². The predicted molar refractivity (Wildman–Crippen MR) is 61.2 cm³/mol. The first-order valence-electron chi connectivity index (χ1n) is 5.27. The van der Waals surface area contributed by atoms with Gasteiger partial charge in [0.15, 0.2) is 0 Å². The Hall–Kier alpha value is -1.49. The molecule has 15 heavy (non-hydrogen) atoms. The second-order valence-corrected chi connectivity index (χ2v) is 3.90. The molecule has 0 bridgehead atoms. The monoisotopic (exact) mass is 203 g/mol. The van der Waals surface area contributed by atoms with Crippen LogP contribution in [0, 0.1) is 18.3 Å². The molecule has 2 heteroatoms. The topological polar surface area (TPSA) is 33.0 Å². The summed E-state index contributed by atoms with van der Waals surface area (Å²) >= 11 is 0. The van der Waals surface area contributed by atoms with Gasteiger partial charge in [-0.2, -0.15) is 5.26 Å². The van der Waals surface area contributed by atoms with E-state index in [1.807, 2.05) is 26.0 Å². The van der Waals surface area contributed by atoms with Crippen molar-refractivity contribution in [3.63, 3.8) is 0 Å². The van der Waals surface area contributed by atoms with Crippen LogP contribution in [-0.4, -0.2) is 6.61 Å². The van der Waals surface area contributed by atoms with Gasteiger partial charge in [0.2, 0.25) is 0 Å². The fourth-order valence-electron chi connectivity index (χ4n) is 1.55. The molecule has 0 radical (unpaired) electrons. The average molecular weight is 203 g/mol. The van der Waals surface area contributed by atoms with Crippen molar-refractivity contribution in [1.82, 2.24) is 0 Å². The summed E-state index contributed by atoms with van der Waals surface area (Å²) < 4.78 is 5.57. The lowest BCUT2D eigenvalue weighted by Crippen LogP contribution is -2.00. The molecule has 0 heterocycles. The molecule has 1 rings (SSSR count). The largest absolute Gasteiger partial charge is 0.494 e. The zero-order valence-electron chi connectivity index (χ0n) is 9.79. The average Bonchev–Trinajstić information content (AvgIpc) is 2.18. The van der Waals surface area contributed by atoms with Crippen molar-refractivity contribution in [3.05, 3.63) is 28.8 Å². The fourth-order valence-corrected chi connectivity index (χ4v) is 1.55. The van der Waals surface area contributed by atoms with E-state index < -0.39 is 0 Å². The molecular weight excluding hydrogens is 186 g/mol. The van der Waals surface area contributed by atoms with Crippen molar-refractivity contribution in [1.29, 1.82) is 5.26 Å². The van der Waals surface area contributed by atoms with Crippen LogP contribution in [0.5, 0.6) is 5.75 Å². The summed E-state index contributed by atoms with van der Waals surface area (Å²) in [6.07, 6.45) is 0. The Kier molecular flexibility index (Phi) is 3.74. The maximum atomic E-state index is 8.95. The Morgan fingerprint density at radius 3 is 2.53 bits per heavy atom. The predicted octanol–water partition coefficient (Wildman–Crippen LogP) is 3.39. The third kappa shape index (κ3) is 2.50. The Labute approximate surface area is 91.5 Å². The lowest BCUT2D eigenvalue weighted by atomic mass is 9.97. The Balaban J connectivity index is 3.27. The standard InChI is InChI=1S/C13H17NO/c1-5-15-13-6-10(4)11(8-14)7-12(13)9(2)3/h6-7,9H,5H2,1-4H3. The number of nitrogens with zero attached hydrogens (tertiary/aromatic N) is 1. The molecule has 0 saturated heterocycles. The molecule has 0 spiro atoms. The second-order valence-electron chi connectivity index (χ2n) is 3.90. The molecular formula is C13H17NO. The van der Waals surface area contributed by atoms with Gasteiger partial charge in [-0.1, -0.05) is 13.8 Å². The van der Waals surface area contributed by atoms with Crippen LogP contribution < -0.4 is 4.74 Å². The highest BCUT2D eigenvalue weighted by atomic mass is 16.5. The lowest BCUT2D eigenvalue weighted by molar-refractivity contribution is 0.335. The molecule has 2 nitrogen and oxygen atoms in total. The summed E-state index contributed by atoms with van der Waals surface area (Å²) in [4.78, 5) is 0. The van der Waals surface area contributed by atoms with Crippen LogP contribution in [0.15, 0.2) is 12.1 Å². The Morgan fingerprint density at radius 1 is 1.40 bits per heavy atom. The molecule has 0 atom stereocenters. The highest BCUT2D eigenvalue weighted by Crippen LogP contribution is 2.29. The van der Waals surface area contributed by atoms with E-state index in [-0.39, 0.29) is 0 Å². The number of hydrogen-bond donors (Lipinski definition) is 0. The van der Waals surface area contributed by atoms with Gasteiger partial charge in [-0.15, -0.1) is 0 Å². The van der Waals surface area contributed by atoms with E-state index >= 15 is 0 Å². The molecule has 0 N–H and O–H groups in total. The molecule has 0 aliphatic rings. The van der Waals surface area contributed by atoms with Crippen LogP contribution in [0.3, 0.4) is 0 Å². The van der Waals surface area contributed by atoms with Crippen molar-refractivity contribution in [3.8, 4) is 11.8 Å². The first-order valence-corrected chi connectivity index (χ1v) is 5.27. The van der Waals surface area contributed by atoms with Crippen LogP contribution in [-0.2, 0) is 0 Å². The molecule has 0 aromatic heterocycles. The van der Waals surface area contributed by atoms with Gasteiger partial charge in [-0.3, -0.25) is 0 Å². The Morgan fingerprint density at radius 2 is 2.07 bits per heavy atom. The van der Waals surface area contributed by atoms with Gasteiger partial charge in [0.05, 0.1) is 18.2 Å². The van der Waals surface area contributed by atoms with Gasteiger partial charge in [-0.05, 0) is 43.0 Å². The van der Waals surface area contributed by atoms with E-state index in [0.29, 0.717) is 12.5 Å². The number of hydrogen-bond acceptors (Lipinski definition) is 2. The van der Waals surface area contributed by atoms with E-state index in [9.17, 15) is 0 Å². The summed E-state index contributed by atoms with van der Waals surface area (Å²) in [5.74, 6) is 1.28. The molecule has 0 saturated carbocycles. The molecule has 0 amide bonds. The quantitative estimate of drug-likeness (QED) is 0.754. The van der Waals surface area contributed by atoms with Crippen LogP contribution in [0.4, 0.5) is 0 Å². The third-order valence-corrected chi connectivity index (χ3v) is 2.40. The number of ether oxygens (including phenoxy) is 1. The van der Waals surface area contributed by atoms with Gasteiger partial charge in [0.25, 0.3) is 0 Å². The van der Waals surface area contributed by atoms with E-state index in [2.05, 4.69) is 19.9 Å². The van der Waals surface area contributed by atoms with Crippen LogP contribution in [0.2, 0.25) is 0 Å². The minimum atomic E-state index is 0.374. The van der Waals surface area contributed by atoms with Crippen molar-refractivity contribution in [2.45, 2.75) is 33.6 Å². The summed E-state index contributed by atoms with van der Waals surface area (Å²) in [5, 5.41) is 8.95. The van der Waals surface area contributed by atoms with Gasteiger partial charge < -0.3 is 4.74 Å². The number of nitriles is 1. The zero-order chi connectivity index (χ0) is 11.4. The number of benzene rings is 1. The molecule has 0 aliphatic carbocycles. The fraction of sp³-hybridized carbons (Fsp3) is 0.462. The first-order chi connectivity index (χ1) is 7.10. The maximum absolute atomic E-state index is 8.95. The molecule has 80 valence electrons. The molecule has 1 aromatic rings. The van der Waals surface area contributed by atoms with Gasteiger partial charge in [-0.25, -0.2) is 0 Å². The molecule has 0 fully saturated rings. The normalized spacial score (nSPS) is 10.1. The van der Waals surface area contributed by atoms with Gasteiger partial charge in [0, 0.05) is 0 Å². The van der Waals surface area contributed by atoms with Gasteiger partial charge >= 0.3 is 0 Å². The van der Waals surface area contributed by atoms with Crippen LogP contribution >= 0.6 is 0 Å². The molecule has 0 aliphatic heterocycles. The second kappa shape index (κ2) is 4.84. The van der Waals surface area contributed by atoms with E-state index in [4.69, 9.17) is 10.00 Å². The zero-order valence-corrected chi connectivity index (χ0v) is 9.79. The van der Waals surface area contributed by atoms with Gasteiger partial charge in [0.1, 0.15) is 5.75 Å². The van der Waals surface area contributed by atoms with Crippen molar-refractivity contribution >= 4 is 0 Å². The summed E-state index contributed by atoms with van der Waals surface area (Å²) in [6.45, 7) is 8.77. The minimum Gasteiger partial charge on any atom is -0.494 e. The highest BCUT2D eigenvalue weighted by Gasteiger charge is 2.11. The minimum absolute atomic E-state index is 0.374. The smallest absolute Gasteiger partial charge is 0.123 e. The van der Waals surface area contributed by atoms with E-state index in [0.717, 1.165) is 22.4 Å². The van der Waals surface area contributed by atoms with Crippen molar-refractivity contribution in [2.24, 2.45) is 0 Å². The maximum Gasteiger partial charge on any atom is 0.123 e. The highest BCUT2D eigenvalue weighted by molar-refractivity contribution is 5.48. The molecule has 0 unspecified atom stereocenters. The summed E-state index contributed by atoms with van der Waals surface area (Å²) in [5.41, 5.74) is 2.83. The SMILES string of the molecule is CCOc1cc(C)c(C#N)cc1C(C)C. The summed E-state index contributed by atoms with van der Waals surface area (Å²) in [7, 11) is 0. The van der Waals surface area contributed by atoms with Crippen molar-refractivity contribution in [2.75, 3.05) is 6.61 Å². The van der Waals surface area contributed by atoms with E-state index in [1.54, 1.807) is 0 Å².